The number of rotatable bonds is 5. The van der Waals surface area contributed by atoms with Crippen molar-refractivity contribution in [2.45, 2.75) is 0 Å². The number of nitrogens with one attached hydrogen (secondary N) is 1. The Morgan fingerprint density at radius 1 is 1.13 bits per heavy atom. The molecule has 0 aliphatic carbocycles. The maximum absolute atomic E-state index is 10.8. The molecule has 3 aromatic rings. The van der Waals surface area contributed by atoms with Crippen molar-refractivity contribution in [2.75, 3.05) is 24.2 Å². The molecular weight excluding hydrogens is 314 g/mol. The summed E-state index contributed by atoms with van der Waals surface area (Å²) in [7, 11) is -2.17. The molecule has 0 spiro atoms. The van der Waals surface area contributed by atoms with E-state index >= 15 is 0 Å². The Balaban J connectivity index is 1.78. The zero-order valence-electron chi connectivity index (χ0n) is 12.6. The summed E-state index contributed by atoms with van der Waals surface area (Å²) in [5, 5.41) is 0. The lowest BCUT2D eigenvalue weighted by molar-refractivity contribution is 0.483. The average Bonchev–Trinajstić information content (AvgIpc) is 2.96. The van der Waals surface area contributed by atoms with Crippen LogP contribution in [-0.2, 0) is 10.1 Å². The van der Waals surface area contributed by atoms with Gasteiger partial charge in [-0.2, -0.15) is 8.42 Å². The topological polar surface area (TPSA) is 86.3 Å². The van der Waals surface area contributed by atoms with Gasteiger partial charge in [-0.1, -0.05) is 12.1 Å². The fourth-order valence-electron chi connectivity index (χ4n) is 2.34. The first-order valence-corrected chi connectivity index (χ1v) is 8.75. The van der Waals surface area contributed by atoms with Crippen LogP contribution in [0.15, 0.2) is 48.5 Å². The normalized spacial score (nSPS) is 11.7. The molecule has 2 N–H and O–H groups in total. The van der Waals surface area contributed by atoms with Crippen LogP contribution in [0.4, 0.5) is 5.69 Å². The van der Waals surface area contributed by atoms with Gasteiger partial charge in [-0.05, 0) is 36.4 Å². The minimum absolute atomic E-state index is 0.225. The van der Waals surface area contributed by atoms with Crippen LogP contribution in [-0.4, -0.2) is 42.3 Å². The van der Waals surface area contributed by atoms with Gasteiger partial charge in [0.2, 0.25) is 0 Å². The number of hydrogen-bond donors (Lipinski definition) is 2. The molecule has 0 radical (unpaired) electrons. The maximum Gasteiger partial charge on any atom is 0.266 e. The first-order chi connectivity index (χ1) is 10.9. The molecule has 2 aromatic carbocycles. The number of anilines is 1. The monoisotopic (exact) mass is 331 g/mol. The Bertz CT molecular complexity index is 884. The van der Waals surface area contributed by atoms with Gasteiger partial charge < -0.3 is 9.88 Å². The van der Waals surface area contributed by atoms with Crippen molar-refractivity contribution in [3.63, 3.8) is 0 Å². The highest BCUT2D eigenvalue weighted by atomic mass is 32.2. The van der Waals surface area contributed by atoms with Crippen molar-refractivity contribution in [3.8, 4) is 11.4 Å². The van der Waals surface area contributed by atoms with Crippen molar-refractivity contribution in [1.82, 2.24) is 9.97 Å². The number of hydrogen-bond acceptors (Lipinski definition) is 4. The van der Waals surface area contributed by atoms with E-state index in [0.29, 0.717) is 0 Å². The Kier molecular flexibility index (Phi) is 4.06. The number of fused-ring (bicyclic) bond motifs is 1. The Morgan fingerprint density at radius 2 is 1.83 bits per heavy atom. The molecule has 0 saturated carbocycles. The van der Waals surface area contributed by atoms with E-state index in [1.807, 2.05) is 48.5 Å². The molecule has 6 nitrogen and oxygen atoms in total. The van der Waals surface area contributed by atoms with Gasteiger partial charge in [-0.3, -0.25) is 4.55 Å². The Hall–Kier alpha value is -2.38. The summed E-state index contributed by atoms with van der Waals surface area (Å²) in [5.74, 6) is 0.493. The third kappa shape index (κ3) is 3.69. The van der Waals surface area contributed by atoms with E-state index in [1.165, 1.54) is 0 Å². The highest BCUT2D eigenvalue weighted by molar-refractivity contribution is 7.85. The molecule has 3 rings (SSSR count). The van der Waals surface area contributed by atoms with Crippen LogP contribution < -0.4 is 4.90 Å². The van der Waals surface area contributed by atoms with E-state index in [0.717, 1.165) is 28.1 Å². The van der Waals surface area contributed by atoms with Gasteiger partial charge in [0.15, 0.2) is 0 Å². The minimum Gasteiger partial charge on any atom is -0.373 e. The van der Waals surface area contributed by atoms with Crippen LogP contribution in [0.1, 0.15) is 0 Å². The van der Waals surface area contributed by atoms with Gasteiger partial charge in [-0.15, -0.1) is 0 Å². The number of nitrogens with zero attached hydrogens (tertiary/aromatic N) is 2. The minimum atomic E-state index is -3.95. The Morgan fingerprint density at radius 3 is 2.48 bits per heavy atom. The zero-order chi connectivity index (χ0) is 16.4. The molecule has 0 amide bonds. The number of benzene rings is 2. The number of aromatic amines is 1. The molecule has 23 heavy (non-hydrogen) atoms. The van der Waals surface area contributed by atoms with E-state index in [2.05, 4.69) is 9.97 Å². The maximum atomic E-state index is 10.8. The van der Waals surface area contributed by atoms with Crippen LogP contribution in [0.3, 0.4) is 0 Å². The van der Waals surface area contributed by atoms with Gasteiger partial charge in [0.05, 0.1) is 16.8 Å². The van der Waals surface area contributed by atoms with E-state index in [1.54, 1.807) is 11.9 Å². The molecule has 0 atom stereocenters. The van der Waals surface area contributed by atoms with Crippen molar-refractivity contribution < 1.29 is 13.0 Å². The SMILES string of the molecule is CN(CCS(=O)(=O)O)c1ccc(-c2nc3ccccc3[nH]2)cc1. The molecule has 0 unspecified atom stereocenters. The van der Waals surface area contributed by atoms with Crippen LogP contribution in [0.25, 0.3) is 22.4 Å². The summed E-state index contributed by atoms with van der Waals surface area (Å²) in [6.45, 7) is 0.225. The van der Waals surface area contributed by atoms with Crippen molar-refractivity contribution in [3.05, 3.63) is 48.5 Å². The number of H-pyrrole nitrogens is 1. The molecule has 7 heteroatoms. The van der Waals surface area contributed by atoms with Gasteiger partial charge in [-0.25, -0.2) is 4.98 Å². The third-order valence-electron chi connectivity index (χ3n) is 3.66. The largest absolute Gasteiger partial charge is 0.373 e. The summed E-state index contributed by atoms with van der Waals surface area (Å²) in [6.07, 6.45) is 0. The smallest absolute Gasteiger partial charge is 0.266 e. The summed E-state index contributed by atoms with van der Waals surface area (Å²) >= 11 is 0. The van der Waals surface area contributed by atoms with Gasteiger partial charge in [0.25, 0.3) is 10.1 Å². The lowest BCUT2D eigenvalue weighted by atomic mass is 10.2. The molecule has 0 bridgehead atoms. The first kappa shape index (κ1) is 15.5. The van der Waals surface area contributed by atoms with E-state index in [-0.39, 0.29) is 12.3 Å². The number of para-hydroxylation sites is 2. The fourth-order valence-corrected chi connectivity index (χ4v) is 2.85. The molecule has 0 aliphatic rings. The summed E-state index contributed by atoms with van der Waals surface area (Å²) < 4.78 is 30.4. The zero-order valence-corrected chi connectivity index (χ0v) is 13.4. The Labute approximate surface area is 134 Å². The van der Waals surface area contributed by atoms with E-state index in [4.69, 9.17) is 4.55 Å². The quantitative estimate of drug-likeness (QED) is 0.702. The lowest BCUT2D eigenvalue weighted by Crippen LogP contribution is -2.24. The van der Waals surface area contributed by atoms with Crippen LogP contribution in [0, 0.1) is 0 Å². The van der Waals surface area contributed by atoms with Crippen LogP contribution in [0.2, 0.25) is 0 Å². The standard InChI is InChI=1S/C16H17N3O3S/c1-19(10-11-23(20,21)22)13-8-6-12(7-9-13)16-17-14-4-2-3-5-15(14)18-16/h2-9H,10-11H2,1H3,(H,17,18)(H,20,21,22). The van der Waals surface area contributed by atoms with Crippen molar-refractivity contribution in [2.24, 2.45) is 0 Å². The van der Waals surface area contributed by atoms with Crippen molar-refractivity contribution in [1.29, 1.82) is 0 Å². The van der Waals surface area contributed by atoms with Crippen LogP contribution in [0.5, 0.6) is 0 Å². The second-order valence-corrected chi connectivity index (χ2v) is 6.93. The summed E-state index contributed by atoms with van der Waals surface area (Å²) in [6, 6.07) is 15.5. The predicted molar refractivity (Wildman–Crippen MR) is 91.2 cm³/mol. The highest BCUT2D eigenvalue weighted by Crippen LogP contribution is 2.23. The second-order valence-electron chi connectivity index (χ2n) is 5.36. The fraction of sp³-hybridized carbons (Fsp3) is 0.188. The molecule has 0 saturated heterocycles. The van der Waals surface area contributed by atoms with Crippen LogP contribution >= 0.6 is 0 Å². The lowest BCUT2D eigenvalue weighted by Gasteiger charge is -2.18. The first-order valence-electron chi connectivity index (χ1n) is 7.14. The molecular formula is C16H17N3O3S. The van der Waals surface area contributed by atoms with Gasteiger partial charge in [0.1, 0.15) is 5.82 Å². The van der Waals surface area contributed by atoms with E-state index < -0.39 is 10.1 Å². The molecule has 0 aliphatic heterocycles. The molecule has 1 heterocycles. The van der Waals surface area contributed by atoms with E-state index in [9.17, 15) is 8.42 Å². The number of imidazole rings is 1. The molecule has 1 aromatic heterocycles. The third-order valence-corrected chi connectivity index (χ3v) is 4.35. The summed E-state index contributed by atoms with van der Waals surface area (Å²) in [5.41, 5.74) is 3.72. The highest BCUT2D eigenvalue weighted by Gasteiger charge is 2.09. The second kappa shape index (κ2) is 6.02. The summed E-state index contributed by atoms with van der Waals surface area (Å²) in [4.78, 5) is 9.59. The van der Waals surface area contributed by atoms with Gasteiger partial charge in [0, 0.05) is 24.8 Å². The molecule has 120 valence electrons. The number of aromatic nitrogens is 2. The van der Waals surface area contributed by atoms with Crippen molar-refractivity contribution >= 4 is 26.8 Å². The van der Waals surface area contributed by atoms with Gasteiger partial charge >= 0.3 is 0 Å². The predicted octanol–water partition coefficient (Wildman–Crippen LogP) is 2.55. The molecule has 0 fully saturated rings. The average molecular weight is 331 g/mol.